The largest absolute Gasteiger partial charge is 0.493 e. The van der Waals surface area contributed by atoms with Crippen molar-refractivity contribution in [1.82, 2.24) is 9.97 Å². The van der Waals surface area contributed by atoms with Crippen LogP contribution in [0, 0.1) is 11.6 Å². The lowest BCUT2D eigenvalue weighted by atomic mass is 10.1. The van der Waals surface area contributed by atoms with Crippen LogP contribution in [0.2, 0.25) is 0 Å². The minimum Gasteiger partial charge on any atom is -0.493 e. The van der Waals surface area contributed by atoms with Crippen LogP contribution < -0.4 is 9.47 Å². The number of para-hydroxylation sites is 1. The van der Waals surface area contributed by atoms with Crippen LogP contribution in [-0.2, 0) is 6.42 Å². The Labute approximate surface area is 123 Å². The summed E-state index contributed by atoms with van der Waals surface area (Å²) >= 11 is 5.33. The molecule has 1 N–H and O–H groups in total. The average Bonchev–Trinajstić information content (AvgIpc) is 2.48. The third-order valence-electron chi connectivity index (χ3n) is 3.21. The minimum atomic E-state index is 0.612. The first-order valence-corrected chi connectivity index (χ1v) is 6.84. The molecule has 1 aromatic heterocycles. The Morgan fingerprint density at radius 3 is 2.60 bits per heavy atom. The summed E-state index contributed by atoms with van der Waals surface area (Å²) in [6.45, 7) is 4.00. The Hall–Kier alpha value is -1.88. The summed E-state index contributed by atoms with van der Waals surface area (Å²) < 4.78 is 11.4. The number of hydrogen-bond acceptors (Lipinski definition) is 4. The molecular formula is C15H18N2O2S. The molecule has 1 aromatic carbocycles. The van der Waals surface area contributed by atoms with Gasteiger partial charge in [0.2, 0.25) is 0 Å². The number of hydrogen-bond donors (Lipinski definition) is 1. The lowest BCUT2D eigenvalue weighted by molar-refractivity contribution is 0.356. The van der Waals surface area contributed by atoms with Gasteiger partial charge in [-0.1, -0.05) is 25.2 Å². The van der Waals surface area contributed by atoms with Gasteiger partial charge in [0, 0.05) is 17.5 Å². The van der Waals surface area contributed by atoms with Crippen molar-refractivity contribution in [3.63, 3.8) is 0 Å². The van der Waals surface area contributed by atoms with Crippen LogP contribution in [0.15, 0.2) is 18.2 Å². The number of aryl methyl sites for hydroxylation is 1. The molecule has 5 heteroatoms. The normalized spacial score (nSPS) is 10.4. The van der Waals surface area contributed by atoms with Crippen molar-refractivity contribution < 1.29 is 9.47 Å². The first kappa shape index (κ1) is 14.5. The molecule has 0 saturated heterocycles. The van der Waals surface area contributed by atoms with E-state index >= 15 is 0 Å². The van der Waals surface area contributed by atoms with E-state index in [9.17, 15) is 0 Å². The fraction of sp³-hybridized carbons (Fsp3) is 0.333. The van der Waals surface area contributed by atoms with E-state index in [1.54, 1.807) is 14.2 Å². The summed E-state index contributed by atoms with van der Waals surface area (Å²) in [5.74, 6) is 2.25. The quantitative estimate of drug-likeness (QED) is 0.872. The molecule has 0 amide bonds. The molecule has 0 aliphatic rings. The minimum absolute atomic E-state index is 0.612. The molecule has 0 bridgehead atoms. The van der Waals surface area contributed by atoms with Gasteiger partial charge in [0.25, 0.3) is 0 Å². The zero-order valence-electron chi connectivity index (χ0n) is 12.1. The van der Waals surface area contributed by atoms with Gasteiger partial charge in [-0.05, 0) is 19.1 Å². The van der Waals surface area contributed by atoms with Crippen molar-refractivity contribution in [1.29, 1.82) is 0 Å². The van der Waals surface area contributed by atoms with Gasteiger partial charge in [-0.3, -0.25) is 0 Å². The lowest BCUT2D eigenvalue weighted by Crippen LogP contribution is -2.01. The van der Waals surface area contributed by atoms with Crippen LogP contribution in [0.3, 0.4) is 0 Å². The number of ether oxygens (including phenoxy) is 2. The monoisotopic (exact) mass is 290 g/mol. The highest BCUT2D eigenvalue weighted by atomic mass is 32.1. The first-order valence-electron chi connectivity index (χ1n) is 6.43. The number of methoxy groups -OCH3 is 2. The predicted molar refractivity (Wildman–Crippen MR) is 82.1 cm³/mol. The van der Waals surface area contributed by atoms with Crippen LogP contribution in [0.5, 0.6) is 11.5 Å². The second kappa shape index (κ2) is 6.05. The van der Waals surface area contributed by atoms with Crippen molar-refractivity contribution in [3.05, 3.63) is 34.2 Å². The van der Waals surface area contributed by atoms with Crippen LogP contribution in [0.25, 0.3) is 11.3 Å². The molecule has 0 saturated carbocycles. The maximum absolute atomic E-state index is 5.49. The maximum Gasteiger partial charge on any atom is 0.170 e. The highest BCUT2D eigenvalue weighted by Crippen LogP contribution is 2.38. The van der Waals surface area contributed by atoms with Crippen molar-refractivity contribution >= 4 is 12.2 Å². The zero-order valence-corrected chi connectivity index (χ0v) is 12.9. The number of nitrogens with one attached hydrogen (secondary N) is 1. The molecule has 0 aliphatic heterocycles. The standard InChI is InChI=1S/C15H18N2O2S/c1-5-12-16-13(9(2)15(20)17-12)10-7-6-8-11(18-3)14(10)19-4/h6-8H,5H2,1-4H3,(H,16,17,20). The number of aromatic amines is 1. The molecule has 2 rings (SSSR count). The smallest absolute Gasteiger partial charge is 0.170 e. The van der Waals surface area contributed by atoms with E-state index in [4.69, 9.17) is 21.7 Å². The fourth-order valence-corrected chi connectivity index (χ4v) is 2.31. The summed E-state index contributed by atoms with van der Waals surface area (Å²) in [5, 5.41) is 0. The third-order valence-corrected chi connectivity index (χ3v) is 3.61. The average molecular weight is 290 g/mol. The van der Waals surface area contributed by atoms with Crippen LogP contribution in [0.4, 0.5) is 0 Å². The fourth-order valence-electron chi connectivity index (χ4n) is 2.10. The van der Waals surface area contributed by atoms with E-state index in [1.807, 2.05) is 32.0 Å². The van der Waals surface area contributed by atoms with Gasteiger partial charge in [0.15, 0.2) is 11.5 Å². The lowest BCUT2D eigenvalue weighted by Gasteiger charge is -2.15. The van der Waals surface area contributed by atoms with Crippen molar-refractivity contribution in [2.45, 2.75) is 20.3 Å². The summed E-state index contributed by atoms with van der Waals surface area (Å²) in [5.41, 5.74) is 2.79. The number of H-pyrrole nitrogens is 1. The molecule has 1 heterocycles. The first-order chi connectivity index (χ1) is 9.62. The van der Waals surface area contributed by atoms with Crippen LogP contribution in [0.1, 0.15) is 18.3 Å². The van der Waals surface area contributed by atoms with Gasteiger partial charge in [-0.2, -0.15) is 0 Å². The highest BCUT2D eigenvalue weighted by Gasteiger charge is 2.15. The van der Waals surface area contributed by atoms with E-state index < -0.39 is 0 Å². The Kier molecular flexibility index (Phi) is 4.39. The summed E-state index contributed by atoms with van der Waals surface area (Å²) in [6.07, 6.45) is 0.795. The van der Waals surface area contributed by atoms with E-state index in [-0.39, 0.29) is 0 Å². The summed E-state index contributed by atoms with van der Waals surface area (Å²) in [4.78, 5) is 7.69. The van der Waals surface area contributed by atoms with Crippen LogP contribution >= 0.6 is 12.2 Å². The molecule has 2 aromatic rings. The van der Waals surface area contributed by atoms with Gasteiger partial charge in [0.05, 0.1) is 19.9 Å². The molecule has 4 nitrogen and oxygen atoms in total. The van der Waals surface area contributed by atoms with E-state index in [0.717, 1.165) is 29.1 Å². The Balaban J connectivity index is 2.74. The van der Waals surface area contributed by atoms with Crippen molar-refractivity contribution in [2.75, 3.05) is 14.2 Å². The second-order valence-electron chi connectivity index (χ2n) is 4.38. The van der Waals surface area contributed by atoms with Gasteiger partial charge in [-0.15, -0.1) is 0 Å². The van der Waals surface area contributed by atoms with E-state index in [2.05, 4.69) is 9.97 Å². The summed E-state index contributed by atoms with van der Waals surface area (Å²) in [6, 6.07) is 5.78. The number of aromatic nitrogens is 2. The van der Waals surface area contributed by atoms with E-state index in [0.29, 0.717) is 16.1 Å². The Bertz CT molecular complexity index is 680. The van der Waals surface area contributed by atoms with Gasteiger partial charge in [0.1, 0.15) is 10.5 Å². The molecule has 0 radical (unpaired) electrons. The van der Waals surface area contributed by atoms with Gasteiger partial charge >= 0.3 is 0 Å². The molecule has 0 unspecified atom stereocenters. The van der Waals surface area contributed by atoms with Gasteiger partial charge < -0.3 is 14.5 Å². The molecule has 106 valence electrons. The maximum atomic E-state index is 5.49. The van der Waals surface area contributed by atoms with E-state index in [1.165, 1.54) is 0 Å². The number of nitrogens with zero attached hydrogens (tertiary/aromatic N) is 1. The topological polar surface area (TPSA) is 47.1 Å². The molecule has 0 atom stereocenters. The second-order valence-corrected chi connectivity index (χ2v) is 4.77. The Morgan fingerprint density at radius 1 is 1.25 bits per heavy atom. The van der Waals surface area contributed by atoms with Crippen molar-refractivity contribution in [2.24, 2.45) is 0 Å². The van der Waals surface area contributed by atoms with Crippen LogP contribution in [-0.4, -0.2) is 24.2 Å². The third kappa shape index (κ3) is 2.54. The summed E-state index contributed by atoms with van der Waals surface area (Å²) in [7, 11) is 3.26. The SMILES string of the molecule is CCc1nc(=S)c(C)c(-c2cccc(OC)c2OC)[nH]1. The molecule has 20 heavy (non-hydrogen) atoms. The van der Waals surface area contributed by atoms with Gasteiger partial charge in [-0.25, -0.2) is 4.98 Å². The van der Waals surface area contributed by atoms with Crippen molar-refractivity contribution in [3.8, 4) is 22.8 Å². The Morgan fingerprint density at radius 2 is 2.00 bits per heavy atom. The molecule has 0 spiro atoms. The highest BCUT2D eigenvalue weighted by molar-refractivity contribution is 7.71. The molecule has 0 aliphatic carbocycles. The predicted octanol–water partition coefficient (Wildman–Crippen LogP) is 3.69. The number of rotatable bonds is 4. The number of benzene rings is 1. The molecule has 0 fully saturated rings. The molecular weight excluding hydrogens is 272 g/mol. The zero-order chi connectivity index (χ0) is 14.7.